The molecule has 0 saturated heterocycles. The summed E-state index contributed by atoms with van der Waals surface area (Å²) in [5, 5.41) is 0.755. The first kappa shape index (κ1) is 7.94. The minimum Gasteiger partial charge on any atom is -0.267 e. The van der Waals surface area contributed by atoms with Gasteiger partial charge in [-0.25, -0.2) is 0 Å². The molecule has 0 bridgehead atoms. The van der Waals surface area contributed by atoms with Crippen LogP contribution in [0.2, 0.25) is 0 Å². The Hall–Kier alpha value is -1.16. The molecule has 0 aromatic heterocycles. The fourth-order valence-electron chi connectivity index (χ4n) is 0.701. The van der Waals surface area contributed by atoms with Crippen LogP contribution in [0.1, 0.15) is 13.8 Å². The Labute approximate surface area is 64.4 Å². The second kappa shape index (κ2) is 2.84. The molecule has 0 aromatic rings. The van der Waals surface area contributed by atoms with Crippen LogP contribution in [-0.2, 0) is 14.4 Å². The minimum atomic E-state index is -0.413. The summed E-state index contributed by atoms with van der Waals surface area (Å²) in [5.74, 6) is -0.826. The molecule has 1 aliphatic rings. The van der Waals surface area contributed by atoms with Crippen LogP contribution in [0.4, 0.5) is 0 Å². The molecule has 0 spiro atoms. The highest BCUT2D eigenvalue weighted by atomic mass is 16.7. The van der Waals surface area contributed by atoms with Gasteiger partial charge in [-0.15, -0.1) is 5.06 Å². The van der Waals surface area contributed by atoms with E-state index in [1.165, 1.54) is 12.2 Å². The van der Waals surface area contributed by atoms with E-state index in [-0.39, 0.29) is 6.10 Å². The van der Waals surface area contributed by atoms with Gasteiger partial charge in [-0.3, -0.25) is 14.4 Å². The summed E-state index contributed by atoms with van der Waals surface area (Å²) in [4.78, 5) is 26.5. The second-order valence-corrected chi connectivity index (χ2v) is 2.46. The van der Waals surface area contributed by atoms with E-state index in [1.807, 2.05) is 0 Å². The lowest BCUT2D eigenvalue weighted by atomic mass is 10.5. The number of hydrogen-bond donors (Lipinski definition) is 0. The normalized spacial score (nSPS) is 17.2. The van der Waals surface area contributed by atoms with Crippen LogP contribution in [0, 0.1) is 0 Å². The first-order valence-electron chi connectivity index (χ1n) is 3.34. The largest absolute Gasteiger partial charge is 0.277 e. The average molecular weight is 155 g/mol. The number of rotatable bonds is 2. The smallest absolute Gasteiger partial charge is 0.267 e. The standard InChI is InChI=1S/C7H9NO3/c1-5(2)11-8-6(9)3-4-7(8)10/h3-5H,1-2H3. The van der Waals surface area contributed by atoms with Gasteiger partial charge in [0.05, 0.1) is 6.10 Å². The molecule has 0 unspecified atom stereocenters. The van der Waals surface area contributed by atoms with E-state index in [9.17, 15) is 9.59 Å². The highest BCUT2D eigenvalue weighted by molar-refractivity contribution is 6.11. The summed E-state index contributed by atoms with van der Waals surface area (Å²) in [5.41, 5.74) is 0. The van der Waals surface area contributed by atoms with Crippen molar-refractivity contribution in [2.75, 3.05) is 0 Å². The molecular formula is C7H9NO3. The number of hydrogen-bond acceptors (Lipinski definition) is 3. The second-order valence-electron chi connectivity index (χ2n) is 2.46. The molecule has 0 aliphatic carbocycles. The van der Waals surface area contributed by atoms with Gasteiger partial charge in [0, 0.05) is 12.2 Å². The quantitative estimate of drug-likeness (QED) is 0.537. The maximum atomic E-state index is 10.8. The van der Waals surface area contributed by atoms with Gasteiger partial charge in [0.25, 0.3) is 11.8 Å². The summed E-state index contributed by atoms with van der Waals surface area (Å²) < 4.78 is 0. The SMILES string of the molecule is CC(C)ON1C(=O)C=CC1=O. The Kier molecular flexibility index (Phi) is 2.05. The third-order valence-corrected chi connectivity index (χ3v) is 1.09. The van der Waals surface area contributed by atoms with Gasteiger partial charge in [0.1, 0.15) is 0 Å². The topological polar surface area (TPSA) is 46.6 Å². The highest BCUT2D eigenvalue weighted by Gasteiger charge is 2.25. The van der Waals surface area contributed by atoms with Gasteiger partial charge in [-0.05, 0) is 13.8 Å². The fourth-order valence-corrected chi connectivity index (χ4v) is 0.701. The van der Waals surface area contributed by atoms with Crippen molar-refractivity contribution in [3.63, 3.8) is 0 Å². The lowest BCUT2D eigenvalue weighted by molar-refractivity contribution is -0.196. The minimum absolute atomic E-state index is 0.164. The average Bonchev–Trinajstić information content (AvgIpc) is 2.18. The molecule has 1 rings (SSSR count). The Morgan fingerprint density at radius 1 is 1.27 bits per heavy atom. The van der Waals surface area contributed by atoms with Crippen LogP contribution in [0.15, 0.2) is 12.2 Å². The molecule has 1 aliphatic heterocycles. The molecule has 0 N–H and O–H groups in total. The number of amides is 2. The fraction of sp³-hybridized carbons (Fsp3) is 0.429. The van der Waals surface area contributed by atoms with Crippen LogP contribution < -0.4 is 0 Å². The maximum Gasteiger partial charge on any atom is 0.277 e. The van der Waals surface area contributed by atoms with Gasteiger partial charge in [0.2, 0.25) is 0 Å². The van der Waals surface area contributed by atoms with Gasteiger partial charge in [-0.2, -0.15) is 0 Å². The molecule has 0 saturated carbocycles. The first-order chi connectivity index (χ1) is 5.11. The van der Waals surface area contributed by atoms with Crippen LogP contribution in [0.5, 0.6) is 0 Å². The Bertz CT molecular complexity index is 202. The molecule has 11 heavy (non-hydrogen) atoms. The lowest BCUT2D eigenvalue weighted by Crippen LogP contribution is -2.32. The zero-order valence-corrected chi connectivity index (χ0v) is 6.40. The number of carbonyl (C=O) groups is 2. The van der Waals surface area contributed by atoms with E-state index in [0.717, 1.165) is 5.06 Å². The zero-order valence-electron chi connectivity index (χ0n) is 6.40. The molecule has 4 nitrogen and oxygen atoms in total. The van der Waals surface area contributed by atoms with E-state index >= 15 is 0 Å². The van der Waals surface area contributed by atoms with E-state index in [1.54, 1.807) is 13.8 Å². The van der Waals surface area contributed by atoms with Gasteiger partial charge in [0.15, 0.2) is 0 Å². The summed E-state index contributed by atoms with van der Waals surface area (Å²) in [6.45, 7) is 3.50. The van der Waals surface area contributed by atoms with Crippen LogP contribution in [0.3, 0.4) is 0 Å². The van der Waals surface area contributed by atoms with Crippen molar-refractivity contribution in [3.8, 4) is 0 Å². The summed E-state index contributed by atoms with van der Waals surface area (Å²) in [6, 6.07) is 0. The van der Waals surface area contributed by atoms with Crippen molar-refractivity contribution in [3.05, 3.63) is 12.2 Å². The van der Waals surface area contributed by atoms with E-state index in [4.69, 9.17) is 4.84 Å². The molecule has 1 heterocycles. The molecule has 4 heteroatoms. The Morgan fingerprint density at radius 2 is 1.73 bits per heavy atom. The van der Waals surface area contributed by atoms with Crippen molar-refractivity contribution in [1.29, 1.82) is 0 Å². The number of nitrogens with zero attached hydrogens (tertiary/aromatic N) is 1. The number of imide groups is 1. The molecule has 0 radical (unpaired) electrons. The Morgan fingerprint density at radius 3 is 2.09 bits per heavy atom. The van der Waals surface area contributed by atoms with Gasteiger partial charge >= 0.3 is 0 Å². The van der Waals surface area contributed by atoms with Gasteiger partial charge in [-0.1, -0.05) is 0 Å². The van der Waals surface area contributed by atoms with Crippen molar-refractivity contribution in [1.82, 2.24) is 5.06 Å². The first-order valence-corrected chi connectivity index (χ1v) is 3.34. The number of carbonyl (C=O) groups excluding carboxylic acids is 2. The van der Waals surface area contributed by atoms with E-state index in [0.29, 0.717) is 0 Å². The molecule has 0 aromatic carbocycles. The zero-order chi connectivity index (χ0) is 8.43. The molecule has 60 valence electrons. The van der Waals surface area contributed by atoms with Crippen LogP contribution in [0.25, 0.3) is 0 Å². The van der Waals surface area contributed by atoms with E-state index < -0.39 is 11.8 Å². The van der Waals surface area contributed by atoms with Crippen molar-refractivity contribution < 1.29 is 14.4 Å². The highest BCUT2D eigenvalue weighted by Crippen LogP contribution is 2.06. The van der Waals surface area contributed by atoms with Gasteiger partial charge < -0.3 is 0 Å². The van der Waals surface area contributed by atoms with E-state index in [2.05, 4.69) is 0 Å². The molecule has 0 fully saturated rings. The Balaban J connectivity index is 2.59. The maximum absolute atomic E-state index is 10.8. The third kappa shape index (κ3) is 1.65. The van der Waals surface area contributed by atoms with Crippen molar-refractivity contribution >= 4 is 11.8 Å². The molecule has 0 atom stereocenters. The number of hydroxylamine groups is 2. The monoisotopic (exact) mass is 155 g/mol. The predicted molar refractivity (Wildman–Crippen MR) is 37.2 cm³/mol. The molecular weight excluding hydrogens is 146 g/mol. The summed E-state index contributed by atoms with van der Waals surface area (Å²) in [7, 11) is 0. The predicted octanol–water partition coefficient (Wildman–Crippen LogP) is 0.251. The molecule has 2 amide bonds. The third-order valence-electron chi connectivity index (χ3n) is 1.09. The van der Waals surface area contributed by atoms with Crippen LogP contribution >= 0.6 is 0 Å². The van der Waals surface area contributed by atoms with Crippen molar-refractivity contribution in [2.24, 2.45) is 0 Å². The van der Waals surface area contributed by atoms with Crippen LogP contribution in [-0.4, -0.2) is 23.0 Å². The lowest BCUT2D eigenvalue weighted by Gasteiger charge is -2.15. The van der Waals surface area contributed by atoms with Crippen molar-refractivity contribution in [2.45, 2.75) is 20.0 Å². The summed E-state index contributed by atoms with van der Waals surface area (Å²) in [6.07, 6.45) is 2.21. The summed E-state index contributed by atoms with van der Waals surface area (Å²) >= 11 is 0.